The molecule has 1 heterocycles. The van der Waals surface area contributed by atoms with Gasteiger partial charge in [0.2, 0.25) is 0 Å². The maximum absolute atomic E-state index is 13.3. The predicted molar refractivity (Wildman–Crippen MR) is 52.0 cm³/mol. The summed E-state index contributed by atoms with van der Waals surface area (Å²) >= 11 is 0. The molecule has 1 fully saturated rings. The highest BCUT2D eigenvalue weighted by Gasteiger charge is 2.39. The molecule has 0 aliphatic carbocycles. The zero-order chi connectivity index (χ0) is 10.9. The van der Waals surface area contributed by atoms with E-state index in [0.717, 1.165) is 0 Å². The monoisotopic (exact) mass is 203 g/mol. The fourth-order valence-corrected chi connectivity index (χ4v) is 1.62. The zero-order valence-electron chi connectivity index (χ0n) is 8.96. The number of carboxylic acids is 1. The van der Waals surface area contributed by atoms with Gasteiger partial charge < -0.3 is 5.11 Å². The van der Waals surface area contributed by atoms with Crippen LogP contribution in [0, 0.1) is 5.92 Å². The summed E-state index contributed by atoms with van der Waals surface area (Å²) in [4.78, 5) is 12.4. The first kappa shape index (κ1) is 11.4. The Kier molecular flexibility index (Phi) is 3.14. The fraction of sp³-hybridized carbons (Fsp3) is 0.900. The van der Waals surface area contributed by atoms with E-state index < -0.39 is 12.1 Å². The van der Waals surface area contributed by atoms with Crippen molar-refractivity contribution in [1.29, 1.82) is 0 Å². The van der Waals surface area contributed by atoms with Crippen LogP contribution in [0.3, 0.4) is 0 Å². The van der Waals surface area contributed by atoms with Gasteiger partial charge in [-0.3, -0.25) is 9.69 Å². The number of halogens is 1. The van der Waals surface area contributed by atoms with Gasteiger partial charge in [-0.25, -0.2) is 4.39 Å². The van der Waals surface area contributed by atoms with Crippen LogP contribution >= 0.6 is 0 Å². The Balaban J connectivity index is 2.30. The second kappa shape index (κ2) is 3.85. The summed E-state index contributed by atoms with van der Waals surface area (Å²) in [6.07, 6.45) is -1.55. The molecule has 1 N–H and O–H groups in total. The smallest absolute Gasteiger partial charge is 0.306 e. The van der Waals surface area contributed by atoms with Gasteiger partial charge in [0.25, 0.3) is 0 Å². The van der Waals surface area contributed by atoms with Crippen LogP contribution < -0.4 is 0 Å². The van der Waals surface area contributed by atoms with Gasteiger partial charge in [-0.1, -0.05) is 0 Å². The average Bonchev–Trinajstić information content (AvgIpc) is 1.75. The van der Waals surface area contributed by atoms with E-state index in [1.165, 1.54) is 0 Å². The van der Waals surface area contributed by atoms with Crippen molar-refractivity contribution >= 4 is 5.97 Å². The van der Waals surface area contributed by atoms with Crippen LogP contribution in [0.2, 0.25) is 0 Å². The molecule has 0 aromatic rings. The molecular weight excluding hydrogens is 185 g/mol. The first-order valence-corrected chi connectivity index (χ1v) is 4.91. The lowest BCUT2D eigenvalue weighted by Crippen LogP contribution is -2.58. The maximum atomic E-state index is 13.3. The van der Waals surface area contributed by atoms with Crippen LogP contribution in [-0.2, 0) is 4.79 Å². The minimum Gasteiger partial charge on any atom is -0.481 e. The highest BCUT2D eigenvalue weighted by Crippen LogP contribution is 2.29. The number of carbonyl (C=O) groups is 1. The standard InChI is InChI=1S/C10H18FNO2/c1-10(2,3)12-5-7(6-12)8(11)4-9(13)14/h7-8H,4-6H2,1-3H3,(H,13,14). The van der Waals surface area contributed by atoms with E-state index in [4.69, 9.17) is 5.11 Å². The first-order chi connectivity index (χ1) is 6.30. The number of hydrogen-bond donors (Lipinski definition) is 1. The van der Waals surface area contributed by atoms with E-state index in [2.05, 4.69) is 25.7 Å². The first-order valence-electron chi connectivity index (χ1n) is 4.91. The third-order valence-corrected chi connectivity index (χ3v) is 2.74. The summed E-state index contributed by atoms with van der Waals surface area (Å²) in [5.74, 6) is -1.14. The molecule has 0 saturated carbocycles. The summed E-state index contributed by atoms with van der Waals surface area (Å²) in [6.45, 7) is 7.59. The van der Waals surface area contributed by atoms with Crippen molar-refractivity contribution < 1.29 is 14.3 Å². The molecule has 0 aromatic carbocycles. The third-order valence-electron chi connectivity index (χ3n) is 2.74. The van der Waals surface area contributed by atoms with Crippen molar-refractivity contribution in [2.45, 2.75) is 38.9 Å². The number of hydrogen-bond acceptors (Lipinski definition) is 2. The van der Waals surface area contributed by atoms with Crippen LogP contribution in [0.15, 0.2) is 0 Å². The second-order valence-corrected chi connectivity index (χ2v) is 4.95. The molecule has 14 heavy (non-hydrogen) atoms. The maximum Gasteiger partial charge on any atom is 0.306 e. The SMILES string of the molecule is CC(C)(C)N1CC(C(F)CC(=O)O)C1. The minimum atomic E-state index is -1.19. The van der Waals surface area contributed by atoms with Crippen LogP contribution in [0.5, 0.6) is 0 Å². The quantitative estimate of drug-likeness (QED) is 0.756. The topological polar surface area (TPSA) is 40.5 Å². The molecule has 1 rings (SSSR count). The van der Waals surface area contributed by atoms with Crippen LogP contribution in [0.4, 0.5) is 4.39 Å². The number of aliphatic carboxylic acids is 1. The number of likely N-dealkylation sites (tertiary alicyclic amines) is 1. The minimum absolute atomic E-state index is 0.0689. The molecule has 4 heteroatoms. The Morgan fingerprint density at radius 3 is 2.43 bits per heavy atom. The molecule has 0 bridgehead atoms. The molecule has 1 unspecified atom stereocenters. The van der Waals surface area contributed by atoms with Gasteiger partial charge in [-0.2, -0.15) is 0 Å². The number of nitrogens with zero attached hydrogens (tertiary/aromatic N) is 1. The number of alkyl halides is 1. The van der Waals surface area contributed by atoms with E-state index in [9.17, 15) is 9.18 Å². The number of rotatable bonds is 3. The number of carboxylic acid groups (broad SMARTS) is 1. The molecule has 0 spiro atoms. The van der Waals surface area contributed by atoms with Gasteiger partial charge in [-0.05, 0) is 20.8 Å². The summed E-state index contributed by atoms with van der Waals surface area (Å²) in [5.41, 5.74) is 0.0689. The summed E-state index contributed by atoms with van der Waals surface area (Å²) in [7, 11) is 0. The van der Waals surface area contributed by atoms with Gasteiger partial charge in [-0.15, -0.1) is 0 Å². The Labute approximate surface area is 83.9 Å². The van der Waals surface area contributed by atoms with Gasteiger partial charge in [0.1, 0.15) is 6.17 Å². The molecule has 1 aliphatic heterocycles. The Morgan fingerprint density at radius 2 is 2.07 bits per heavy atom. The Morgan fingerprint density at radius 1 is 1.57 bits per heavy atom. The van der Waals surface area contributed by atoms with Crippen LogP contribution in [0.25, 0.3) is 0 Å². The van der Waals surface area contributed by atoms with E-state index in [1.54, 1.807) is 0 Å². The van der Waals surface area contributed by atoms with Gasteiger partial charge in [0, 0.05) is 24.5 Å². The highest BCUT2D eigenvalue weighted by molar-refractivity contribution is 5.67. The lowest BCUT2D eigenvalue weighted by molar-refractivity contribution is -0.140. The fourth-order valence-electron chi connectivity index (χ4n) is 1.62. The Bertz CT molecular complexity index is 219. The average molecular weight is 203 g/mol. The van der Waals surface area contributed by atoms with Gasteiger partial charge in [0.05, 0.1) is 6.42 Å². The van der Waals surface area contributed by atoms with Crippen molar-refractivity contribution in [1.82, 2.24) is 4.90 Å². The molecular formula is C10H18FNO2. The summed E-state index contributed by atoms with van der Waals surface area (Å²) in [5, 5.41) is 8.42. The van der Waals surface area contributed by atoms with Crippen molar-refractivity contribution in [2.24, 2.45) is 5.92 Å². The van der Waals surface area contributed by atoms with Crippen LogP contribution in [0.1, 0.15) is 27.2 Å². The second-order valence-electron chi connectivity index (χ2n) is 4.95. The van der Waals surface area contributed by atoms with E-state index in [1.807, 2.05) is 0 Å². The highest BCUT2D eigenvalue weighted by atomic mass is 19.1. The molecule has 1 atom stereocenters. The van der Waals surface area contributed by atoms with Crippen LogP contribution in [-0.4, -0.2) is 40.8 Å². The summed E-state index contributed by atoms with van der Waals surface area (Å²) in [6, 6.07) is 0. The molecule has 1 saturated heterocycles. The van der Waals surface area contributed by atoms with E-state index in [0.29, 0.717) is 13.1 Å². The normalized spacial score (nSPS) is 21.7. The predicted octanol–water partition coefficient (Wildman–Crippen LogP) is 1.53. The molecule has 0 amide bonds. The van der Waals surface area contributed by atoms with Gasteiger partial charge in [0.15, 0.2) is 0 Å². The van der Waals surface area contributed by atoms with Crippen molar-refractivity contribution in [2.75, 3.05) is 13.1 Å². The zero-order valence-corrected chi connectivity index (χ0v) is 8.96. The third kappa shape index (κ3) is 2.67. The Hall–Kier alpha value is -0.640. The molecule has 0 radical (unpaired) electrons. The van der Waals surface area contributed by atoms with Crippen molar-refractivity contribution in [3.05, 3.63) is 0 Å². The van der Waals surface area contributed by atoms with Crippen molar-refractivity contribution in [3.8, 4) is 0 Å². The van der Waals surface area contributed by atoms with E-state index >= 15 is 0 Å². The largest absolute Gasteiger partial charge is 0.481 e. The van der Waals surface area contributed by atoms with E-state index in [-0.39, 0.29) is 17.9 Å². The molecule has 3 nitrogen and oxygen atoms in total. The lowest BCUT2D eigenvalue weighted by Gasteiger charge is -2.48. The molecule has 82 valence electrons. The van der Waals surface area contributed by atoms with Gasteiger partial charge >= 0.3 is 5.97 Å². The lowest BCUT2D eigenvalue weighted by atomic mass is 9.88. The molecule has 1 aliphatic rings. The summed E-state index contributed by atoms with van der Waals surface area (Å²) < 4.78 is 13.3. The molecule has 0 aromatic heterocycles. The van der Waals surface area contributed by atoms with Crippen molar-refractivity contribution in [3.63, 3.8) is 0 Å².